The highest BCUT2D eigenvalue weighted by Crippen LogP contribution is 2.20. The maximum Gasteiger partial charge on any atom is 0.229 e. The van der Waals surface area contributed by atoms with E-state index in [1.54, 1.807) is 4.90 Å². The number of carbonyl (C=O) groups excluding carboxylic acids is 2. The van der Waals surface area contributed by atoms with E-state index in [4.69, 9.17) is 0 Å². The first-order valence-corrected chi connectivity index (χ1v) is 6.94. The van der Waals surface area contributed by atoms with Crippen LogP contribution < -0.4 is 5.32 Å². The van der Waals surface area contributed by atoms with Gasteiger partial charge in [0.2, 0.25) is 11.8 Å². The number of nitrogens with one attached hydrogen (secondary N) is 1. The Morgan fingerprint density at radius 3 is 2.75 bits per heavy atom. The van der Waals surface area contributed by atoms with E-state index in [1.807, 2.05) is 0 Å². The quantitative estimate of drug-likeness (QED) is 0.899. The van der Waals surface area contributed by atoms with Gasteiger partial charge in [0.15, 0.2) is 0 Å². The average Bonchev–Trinajstić information content (AvgIpc) is 2.80. The maximum atomic E-state index is 12.8. The molecule has 1 saturated heterocycles. The normalized spacial score (nSPS) is 18.4. The summed E-state index contributed by atoms with van der Waals surface area (Å²) in [6.07, 6.45) is 2.24. The highest BCUT2D eigenvalue weighted by molar-refractivity contribution is 5.97. The van der Waals surface area contributed by atoms with Gasteiger partial charge in [-0.25, -0.2) is 4.39 Å². The minimum absolute atomic E-state index is 0.0395. The average molecular weight is 278 g/mol. The maximum absolute atomic E-state index is 12.8. The molecule has 1 unspecified atom stereocenters. The van der Waals surface area contributed by atoms with E-state index in [9.17, 15) is 14.0 Å². The predicted molar refractivity (Wildman–Crippen MR) is 74.6 cm³/mol. The van der Waals surface area contributed by atoms with Gasteiger partial charge in [-0.15, -0.1) is 0 Å². The molecule has 1 aromatic rings. The van der Waals surface area contributed by atoms with Gasteiger partial charge in [0, 0.05) is 25.2 Å². The van der Waals surface area contributed by atoms with Gasteiger partial charge in [-0.2, -0.15) is 0 Å². The molecular formula is C15H19FN2O2. The molecule has 1 aliphatic heterocycles. The van der Waals surface area contributed by atoms with Crippen LogP contribution in [0.5, 0.6) is 0 Å². The summed E-state index contributed by atoms with van der Waals surface area (Å²) < 4.78 is 12.8. The molecule has 0 spiro atoms. The number of unbranched alkanes of at least 4 members (excludes halogenated alkanes) is 1. The second-order valence-corrected chi connectivity index (χ2v) is 5.09. The number of benzene rings is 1. The van der Waals surface area contributed by atoms with Crippen molar-refractivity contribution >= 4 is 17.5 Å². The van der Waals surface area contributed by atoms with Gasteiger partial charge in [0.05, 0.1) is 5.92 Å². The molecule has 20 heavy (non-hydrogen) atoms. The zero-order chi connectivity index (χ0) is 14.5. The van der Waals surface area contributed by atoms with Crippen molar-refractivity contribution in [1.82, 2.24) is 4.90 Å². The van der Waals surface area contributed by atoms with Crippen LogP contribution in [0.25, 0.3) is 0 Å². The summed E-state index contributed by atoms with van der Waals surface area (Å²) in [7, 11) is 0. The summed E-state index contributed by atoms with van der Waals surface area (Å²) >= 11 is 0. The lowest BCUT2D eigenvalue weighted by atomic mass is 10.1. The number of anilines is 1. The van der Waals surface area contributed by atoms with E-state index < -0.39 is 0 Å². The molecule has 108 valence electrons. The molecule has 1 fully saturated rings. The van der Waals surface area contributed by atoms with Crippen LogP contribution in [0.3, 0.4) is 0 Å². The van der Waals surface area contributed by atoms with Crippen LogP contribution in [-0.4, -0.2) is 29.8 Å². The molecule has 2 rings (SSSR count). The van der Waals surface area contributed by atoms with Crippen LogP contribution in [0, 0.1) is 11.7 Å². The topological polar surface area (TPSA) is 49.4 Å². The first-order valence-electron chi connectivity index (χ1n) is 6.94. The standard InChI is InChI=1S/C15H19FN2O2/c1-2-3-8-18-10-11(9-14(18)19)15(20)17-13-6-4-12(16)5-7-13/h4-7,11H,2-3,8-10H2,1H3,(H,17,20). The Balaban J connectivity index is 1.90. The second-order valence-electron chi connectivity index (χ2n) is 5.09. The van der Waals surface area contributed by atoms with Gasteiger partial charge < -0.3 is 10.2 Å². The van der Waals surface area contributed by atoms with Crippen LogP contribution in [0.4, 0.5) is 10.1 Å². The molecule has 0 aromatic heterocycles. The smallest absolute Gasteiger partial charge is 0.229 e. The molecule has 4 nitrogen and oxygen atoms in total. The van der Waals surface area contributed by atoms with E-state index in [-0.39, 0.29) is 30.0 Å². The van der Waals surface area contributed by atoms with Crippen LogP contribution >= 0.6 is 0 Å². The largest absolute Gasteiger partial charge is 0.342 e. The molecule has 1 atom stereocenters. The summed E-state index contributed by atoms with van der Waals surface area (Å²) in [6.45, 7) is 3.26. The lowest BCUT2D eigenvalue weighted by Crippen LogP contribution is -2.29. The Morgan fingerprint density at radius 2 is 2.10 bits per heavy atom. The fraction of sp³-hybridized carbons (Fsp3) is 0.467. The molecule has 0 saturated carbocycles. The highest BCUT2D eigenvalue weighted by atomic mass is 19.1. The van der Waals surface area contributed by atoms with Crippen LogP contribution in [0.1, 0.15) is 26.2 Å². The summed E-state index contributed by atoms with van der Waals surface area (Å²) in [6, 6.07) is 5.61. The summed E-state index contributed by atoms with van der Waals surface area (Å²) in [5, 5.41) is 2.72. The molecule has 1 aliphatic rings. The molecule has 5 heteroatoms. The highest BCUT2D eigenvalue weighted by Gasteiger charge is 2.33. The van der Waals surface area contributed by atoms with Crippen LogP contribution in [0.15, 0.2) is 24.3 Å². The summed E-state index contributed by atoms with van der Waals surface area (Å²) in [5.41, 5.74) is 0.552. The lowest BCUT2D eigenvalue weighted by Gasteiger charge is -2.15. The van der Waals surface area contributed by atoms with Crippen molar-refractivity contribution in [2.24, 2.45) is 5.92 Å². The predicted octanol–water partition coefficient (Wildman–Crippen LogP) is 2.41. The van der Waals surface area contributed by atoms with Gasteiger partial charge in [-0.05, 0) is 30.7 Å². The minimum atomic E-state index is -0.343. The molecule has 0 bridgehead atoms. The zero-order valence-corrected chi connectivity index (χ0v) is 11.6. The Bertz CT molecular complexity index is 487. The number of nitrogens with zero attached hydrogens (tertiary/aromatic N) is 1. The molecule has 1 aromatic carbocycles. The molecule has 2 amide bonds. The van der Waals surface area contributed by atoms with Gasteiger partial charge in [-0.1, -0.05) is 13.3 Å². The van der Waals surface area contributed by atoms with Crippen molar-refractivity contribution < 1.29 is 14.0 Å². The Labute approximate surface area is 118 Å². The fourth-order valence-electron chi connectivity index (χ4n) is 2.29. The molecule has 1 N–H and O–H groups in total. The van der Waals surface area contributed by atoms with Gasteiger partial charge >= 0.3 is 0 Å². The number of halogens is 1. The monoisotopic (exact) mass is 278 g/mol. The number of hydrogen-bond donors (Lipinski definition) is 1. The van der Waals surface area contributed by atoms with Crippen molar-refractivity contribution in [3.8, 4) is 0 Å². The van der Waals surface area contributed by atoms with Gasteiger partial charge in [-0.3, -0.25) is 9.59 Å². The summed E-state index contributed by atoms with van der Waals surface area (Å²) in [5.74, 6) is -0.796. The summed E-state index contributed by atoms with van der Waals surface area (Å²) in [4.78, 5) is 25.6. The first kappa shape index (κ1) is 14.5. The van der Waals surface area contributed by atoms with Crippen molar-refractivity contribution in [1.29, 1.82) is 0 Å². The van der Waals surface area contributed by atoms with E-state index in [0.29, 0.717) is 12.2 Å². The molecular weight excluding hydrogens is 259 g/mol. The van der Waals surface area contributed by atoms with E-state index in [1.165, 1.54) is 24.3 Å². The number of rotatable bonds is 5. The number of amides is 2. The van der Waals surface area contributed by atoms with E-state index in [2.05, 4.69) is 12.2 Å². The van der Waals surface area contributed by atoms with Crippen LogP contribution in [0.2, 0.25) is 0 Å². The Kier molecular flexibility index (Phi) is 4.71. The third kappa shape index (κ3) is 3.56. The number of likely N-dealkylation sites (tertiary alicyclic amines) is 1. The minimum Gasteiger partial charge on any atom is -0.342 e. The Morgan fingerprint density at radius 1 is 1.40 bits per heavy atom. The van der Waals surface area contributed by atoms with Crippen molar-refractivity contribution in [3.63, 3.8) is 0 Å². The number of hydrogen-bond acceptors (Lipinski definition) is 2. The first-order chi connectivity index (χ1) is 9.60. The molecule has 1 heterocycles. The van der Waals surface area contributed by atoms with Gasteiger partial charge in [0.1, 0.15) is 5.82 Å². The zero-order valence-electron chi connectivity index (χ0n) is 11.6. The fourth-order valence-corrected chi connectivity index (χ4v) is 2.29. The van der Waals surface area contributed by atoms with Gasteiger partial charge in [0.25, 0.3) is 0 Å². The van der Waals surface area contributed by atoms with E-state index >= 15 is 0 Å². The third-order valence-corrected chi connectivity index (χ3v) is 3.48. The van der Waals surface area contributed by atoms with Crippen molar-refractivity contribution in [3.05, 3.63) is 30.1 Å². The number of carbonyl (C=O) groups is 2. The molecule has 0 radical (unpaired) electrons. The molecule has 0 aliphatic carbocycles. The van der Waals surface area contributed by atoms with E-state index in [0.717, 1.165) is 19.4 Å². The van der Waals surface area contributed by atoms with Crippen molar-refractivity contribution in [2.45, 2.75) is 26.2 Å². The third-order valence-electron chi connectivity index (χ3n) is 3.48. The van der Waals surface area contributed by atoms with Crippen LogP contribution in [-0.2, 0) is 9.59 Å². The van der Waals surface area contributed by atoms with Crippen molar-refractivity contribution in [2.75, 3.05) is 18.4 Å². The Hall–Kier alpha value is -1.91. The SMILES string of the molecule is CCCCN1CC(C(=O)Nc2ccc(F)cc2)CC1=O. The second kappa shape index (κ2) is 6.50. The lowest BCUT2D eigenvalue weighted by molar-refractivity contribution is -0.128.